The number of hydrogen-bond acceptors (Lipinski definition) is 10. The van der Waals surface area contributed by atoms with E-state index in [1.807, 2.05) is 0 Å². The van der Waals surface area contributed by atoms with Gasteiger partial charge < -0.3 is 29.7 Å². The molecular formula is C23H32N4O5S2. The molecule has 0 unspecified atom stereocenters. The Bertz CT molecular complexity index is 1010. The molecule has 3 N–H and O–H groups in total. The van der Waals surface area contributed by atoms with Crippen LogP contribution in [0.25, 0.3) is 0 Å². The minimum Gasteiger partial charge on any atom is -0.507 e. The maximum Gasteiger partial charge on any atom is 0.338 e. The molecule has 34 heavy (non-hydrogen) atoms. The molecule has 186 valence electrons. The summed E-state index contributed by atoms with van der Waals surface area (Å²) < 4.78 is 16.4. The van der Waals surface area contributed by atoms with Crippen molar-refractivity contribution in [1.82, 2.24) is 20.8 Å². The van der Waals surface area contributed by atoms with E-state index < -0.39 is 5.97 Å². The van der Waals surface area contributed by atoms with E-state index in [0.717, 1.165) is 6.42 Å². The summed E-state index contributed by atoms with van der Waals surface area (Å²) in [5, 5.41) is 21.4. The second-order valence-corrected chi connectivity index (χ2v) is 9.91. The summed E-state index contributed by atoms with van der Waals surface area (Å²) in [6.45, 7) is 6.67. The van der Waals surface area contributed by atoms with E-state index in [1.54, 1.807) is 6.92 Å². The quantitative estimate of drug-likeness (QED) is 0.404. The van der Waals surface area contributed by atoms with Crippen LogP contribution >= 0.6 is 24.0 Å². The van der Waals surface area contributed by atoms with Crippen molar-refractivity contribution in [3.8, 4) is 11.5 Å². The van der Waals surface area contributed by atoms with E-state index in [2.05, 4.69) is 34.6 Å². The lowest BCUT2D eigenvalue weighted by Gasteiger charge is -2.20. The van der Waals surface area contributed by atoms with E-state index >= 15 is 0 Å². The number of thiocarbonyl (C=S) groups is 1. The summed E-state index contributed by atoms with van der Waals surface area (Å²) in [5.74, 6) is 1.93. The van der Waals surface area contributed by atoms with Crippen molar-refractivity contribution in [3.63, 3.8) is 0 Å². The van der Waals surface area contributed by atoms with Gasteiger partial charge in [0.05, 0.1) is 30.8 Å². The lowest BCUT2D eigenvalue weighted by Crippen LogP contribution is -2.29. The maximum atomic E-state index is 12.9. The van der Waals surface area contributed by atoms with Gasteiger partial charge in [0, 0.05) is 34.7 Å². The lowest BCUT2D eigenvalue weighted by molar-refractivity contribution is 0.0496. The van der Waals surface area contributed by atoms with Gasteiger partial charge >= 0.3 is 5.97 Å². The third kappa shape index (κ3) is 6.83. The number of rotatable bonds is 5. The highest BCUT2D eigenvalue weighted by Crippen LogP contribution is 2.36. The highest BCUT2D eigenvalue weighted by Gasteiger charge is 2.25. The summed E-state index contributed by atoms with van der Waals surface area (Å²) >= 11 is 7.05. The summed E-state index contributed by atoms with van der Waals surface area (Å²) in [4.78, 5) is 18.1. The summed E-state index contributed by atoms with van der Waals surface area (Å²) in [7, 11) is 1.51. The van der Waals surface area contributed by atoms with Gasteiger partial charge in [0.15, 0.2) is 5.82 Å². The van der Waals surface area contributed by atoms with Crippen LogP contribution in [0.3, 0.4) is 0 Å². The van der Waals surface area contributed by atoms with E-state index in [1.165, 1.54) is 24.9 Å². The van der Waals surface area contributed by atoms with Crippen LogP contribution in [0, 0.1) is 6.92 Å². The Hall–Kier alpha value is -2.37. The van der Waals surface area contributed by atoms with Gasteiger partial charge in [-0.25, -0.2) is 4.79 Å². The number of cyclic esters (lactones) is 1. The van der Waals surface area contributed by atoms with Crippen molar-refractivity contribution in [2.45, 2.75) is 64.4 Å². The molecule has 0 saturated heterocycles. The van der Waals surface area contributed by atoms with Crippen molar-refractivity contribution in [2.75, 3.05) is 19.5 Å². The Morgan fingerprint density at radius 2 is 2.21 bits per heavy atom. The van der Waals surface area contributed by atoms with Crippen molar-refractivity contribution in [3.05, 3.63) is 34.5 Å². The predicted octanol–water partition coefficient (Wildman–Crippen LogP) is 3.82. The molecule has 3 rings (SSSR count). The zero-order chi connectivity index (χ0) is 24.7. The number of methoxy groups -OCH3 is 1. The number of aromatic hydroxyl groups is 1. The number of phenolic OH excluding ortho intramolecular Hbond substituents is 1. The molecule has 0 amide bonds. The van der Waals surface area contributed by atoms with Crippen LogP contribution < -0.4 is 15.4 Å². The number of carbonyl (C=O) groups excluding carboxylic acids is 1. The van der Waals surface area contributed by atoms with Gasteiger partial charge in [-0.05, 0) is 26.2 Å². The monoisotopic (exact) mass is 508 g/mol. The number of nitrogens with one attached hydrogen (secondary N) is 2. The molecule has 1 aromatic carbocycles. The van der Waals surface area contributed by atoms with Crippen molar-refractivity contribution in [2.24, 2.45) is 0 Å². The Kier molecular flexibility index (Phi) is 9.54. The second-order valence-electron chi connectivity index (χ2n) is 8.39. The molecule has 0 spiro atoms. The molecule has 2 aromatic rings. The number of thioether (sulfide) groups is 1. The molecule has 1 aliphatic heterocycles. The molecular weight excluding hydrogens is 476 g/mol. The third-order valence-corrected chi connectivity index (χ3v) is 6.78. The van der Waals surface area contributed by atoms with E-state index in [9.17, 15) is 9.90 Å². The largest absolute Gasteiger partial charge is 0.507 e. The highest BCUT2D eigenvalue weighted by atomic mass is 32.2. The molecule has 0 aliphatic carbocycles. The van der Waals surface area contributed by atoms with E-state index in [4.69, 9.17) is 26.2 Å². The summed E-state index contributed by atoms with van der Waals surface area (Å²) in [6, 6.07) is 1.54. The number of nitrogens with zero attached hydrogens (tertiary/aromatic N) is 2. The predicted molar refractivity (Wildman–Crippen MR) is 134 cm³/mol. The average Bonchev–Trinajstić information content (AvgIpc) is 3.27. The summed E-state index contributed by atoms with van der Waals surface area (Å²) in [5.41, 5.74) is 1.50. The normalized spacial score (nSPS) is 18.1. The zero-order valence-electron chi connectivity index (χ0n) is 20.0. The fourth-order valence-corrected chi connectivity index (χ4v) is 4.91. The van der Waals surface area contributed by atoms with Gasteiger partial charge in [-0.2, -0.15) is 16.7 Å². The van der Waals surface area contributed by atoms with Crippen LogP contribution in [0.15, 0.2) is 10.6 Å². The molecule has 0 saturated carbocycles. The minimum atomic E-state index is -0.462. The van der Waals surface area contributed by atoms with Crippen LogP contribution in [0.2, 0.25) is 0 Å². The molecule has 11 heteroatoms. The topological polar surface area (TPSA) is 119 Å². The van der Waals surface area contributed by atoms with Crippen LogP contribution in [-0.2, 0) is 17.0 Å². The first-order valence-electron chi connectivity index (χ1n) is 11.3. The van der Waals surface area contributed by atoms with Gasteiger partial charge in [0.25, 0.3) is 0 Å². The maximum absolute atomic E-state index is 12.9. The fourth-order valence-electron chi connectivity index (χ4n) is 3.55. The van der Waals surface area contributed by atoms with Crippen molar-refractivity contribution in [1.29, 1.82) is 0 Å². The van der Waals surface area contributed by atoms with Gasteiger partial charge in [0.2, 0.25) is 5.89 Å². The number of phenols is 1. The number of carbonyl (C=O) groups is 1. The number of aromatic nitrogens is 2. The van der Waals surface area contributed by atoms with Gasteiger partial charge in [-0.15, -0.1) is 0 Å². The molecule has 1 aromatic heterocycles. The van der Waals surface area contributed by atoms with E-state index in [-0.39, 0.29) is 18.4 Å². The number of esters is 1. The Morgan fingerprint density at radius 1 is 1.41 bits per heavy atom. The first kappa shape index (κ1) is 26.2. The Labute approximate surface area is 209 Å². The average molecular weight is 509 g/mol. The Morgan fingerprint density at radius 3 is 2.94 bits per heavy atom. The highest BCUT2D eigenvalue weighted by molar-refractivity contribution is 7.98. The SMILES string of the molecule is COc1cc(O)c2c(c1C)C(=O)OCCCCC(=S)N[C@H](c1nc(CNC(C)C)no1)CSC2. The van der Waals surface area contributed by atoms with Crippen molar-refractivity contribution < 1.29 is 23.9 Å². The van der Waals surface area contributed by atoms with Gasteiger partial charge in [0.1, 0.15) is 17.5 Å². The molecule has 0 radical (unpaired) electrons. The van der Waals surface area contributed by atoms with Crippen molar-refractivity contribution >= 4 is 34.9 Å². The number of ether oxygens (including phenoxy) is 2. The molecule has 9 nitrogen and oxygen atoms in total. The van der Waals surface area contributed by atoms with Gasteiger partial charge in [-0.1, -0.05) is 31.2 Å². The zero-order valence-corrected chi connectivity index (χ0v) is 21.6. The number of benzene rings is 1. The van der Waals surface area contributed by atoms with Gasteiger partial charge in [-0.3, -0.25) is 0 Å². The fraction of sp³-hybridized carbons (Fsp3) is 0.565. The summed E-state index contributed by atoms with van der Waals surface area (Å²) in [6.07, 6.45) is 2.10. The lowest BCUT2D eigenvalue weighted by atomic mass is 10.0. The van der Waals surface area contributed by atoms with Crippen LogP contribution in [0.1, 0.15) is 72.4 Å². The van der Waals surface area contributed by atoms with Crippen LogP contribution in [0.5, 0.6) is 11.5 Å². The molecule has 2 heterocycles. The van der Waals surface area contributed by atoms with Crippen LogP contribution in [-0.4, -0.2) is 51.7 Å². The Balaban J connectivity index is 1.85. The molecule has 0 fully saturated rings. The smallest absolute Gasteiger partial charge is 0.338 e. The standard InChI is InChI=1S/C23H32N4O5S2/c1-13(2)24-10-19-26-22(32-27-19)16-12-34-11-15-17(28)9-18(30-4)14(3)21(15)23(29)31-8-6-5-7-20(33)25-16/h9,13,16,24,28H,5-8,10-12H2,1-4H3,(H,25,33)/t16-/m0/s1. The first-order valence-corrected chi connectivity index (χ1v) is 12.9. The molecule has 1 atom stereocenters. The molecule has 0 bridgehead atoms. The second kappa shape index (κ2) is 12.4. The minimum absolute atomic E-state index is 0.00568. The van der Waals surface area contributed by atoms with Crippen LogP contribution in [0.4, 0.5) is 0 Å². The number of fused-ring (bicyclic) bond motifs is 1. The third-order valence-electron chi connectivity index (χ3n) is 5.40. The number of hydrogen-bond donors (Lipinski definition) is 3. The first-order chi connectivity index (χ1) is 16.3. The molecule has 1 aliphatic rings. The van der Waals surface area contributed by atoms with E-state index in [0.29, 0.717) is 76.1 Å².